The fourth-order valence-corrected chi connectivity index (χ4v) is 3.15. The molecule has 3 heterocycles. The number of hydrogen-bond acceptors (Lipinski definition) is 3. The zero-order valence-corrected chi connectivity index (χ0v) is 13.3. The van der Waals surface area contributed by atoms with Crippen molar-refractivity contribution < 1.29 is 23.1 Å². The molecule has 0 spiro atoms. The summed E-state index contributed by atoms with van der Waals surface area (Å²) in [6.07, 6.45) is -5.18. The fourth-order valence-electron chi connectivity index (χ4n) is 3.15. The third-order valence-corrected chi connectivity index (χ3v) is 4.30. The topological polar surface area (TPSA) is 76.2 Å². The molecule has 1 aliphatic rings. The van der Waals surface area contributed by atoms with Crippen LogP contribution in [0.15, 0.2) is 6.07 Å². The first kappa shape index (κ1) is 16.3. The van der Waals surface area contributed by atoms with Gasteiger partial charge in [-0.1, -0.05) is 0 Å². The van der Waals surface area contributed by atoms with Crippen LogP contribution in [-0.4, -0.2) is 42.2 Å². The van der Waals surface area contributed by atoms with Crippen LogP contribution in [0.2, 0.25) is 0 Å². The molecule has 0 aromatic carbocycles. The highest BCUT2D eigenvalue weighted by atomic mass is 19.4. The summed E-state index contributed by atoms with van der Waals surface area (Å²) in [7, 11) is 3.07. The van der Waals surface area contributed by atoms with Gasteiger partial charge in [-0.2, -0.15) is 23.4 Å². The van der Waals surface area contributed by atoms with Gasteiger partial charge < -0.3 is 5.11 Å². The van der Waals surface area contributed by atoms with Crippen molar-refractivity contribution in [1.82, 2.24) is 24.5 Å². The number of fused-ring (bicyclic) bond motifs is 1. The van der Waals surface area contributed by atoms with Crippen molar-refractivity contribution in [3.8, 4) is 11.4 Å². The Bertz CT molecular complexity index is 808. The Morgan fingerprint density at radius 1 is 1.29 bits per heavy atom. The van der Waals surface area contributed by atoms with E-state index in [9.17, 15) is 23.1 Å². The third-order valence-electron chi connectivity index (χ3n) is 4.30. The maximum Gasteiger partial charge on any atom is 0.435 e. The first-order valence-corrected chi connectivity index (χ1v) is 7.28. The summed E-state index contributed by atoms with van der Waals surface area (Å²) in [6.45, 7) is 1.99. The van der Waals surface area contributed by atoms with Gasteiger partial charge in [0, 0.05) is 26.2 Å². The van der Waals surface area contributed by atoms with E-state index >= 15 is 0 Å². The van der Waals surface area contributed by atoms with Crippen LogP contribution in [0.3, 0.4) is 0 Å². The number of carboxylic acid groups (broad SMARTS) is 1. The van der Waals surface area contributed by atoms with Gasteiger partial charge in [-0.3, -0.25) is 14.3 Å². The molecule has 2 aromatic heterocycles. The standard InChI is InChI=1S/C14H16F3N5O2/c1-7-11-8(4-5-22(7)13(23)24)12(21(3)19-11)9-6-10(14(15,16)17)18-20(9)2/h6-7H,4-5H2,1-3H3,(H,23,24). The minimum atomic E-state index is -4.53. The van der Waals surface area contributed by atoms with E-state index in [0.29, 0.717) is 23.5 Å². The Hall–Kier alpha value is -2.52. The van der Waals surface area contributed by atoms with Gasteiger partial charge in [0.2, 0.25) is 0 Å². The van der Waals surface area contributed by atoms with Crippen molar-refractivity contribution in [2.45, 2.75) is 25.6 Å². The van der Waals surface area contributed by atoms with Gasteiger partial charge in [-0.25, -0.2) is 4.79 Å². The lowest BCUT2D eigenvalue weighted by Crippen LogP contribution is -2.37. The van der Waals surface area contributed by atoms with Crippen LogP contribution < -0.4 is 0 Å². The van der Waals surface area contributed by atoms with Gasteiger partial charge in [0.05, 0.1) is 23.1 Å². The zero-order chi connectivity index (χ0) is 17.8. The van der Waals surface area contributed by atoms with Crippen molar-refractivity contribution in [2.75, 3.05) is 6.54 Å². The van der Waals surface area contributed by atoms with Crippen LogP contribution in [-0.2, 0) is 26.7 Å². The molecule has 130 valence electrons. The minimum Gasteiger partial charge on any atom is -0.465 e. The highest BCUT2D eigenvalue weighted by Gasteiger charge is 2.37. The van der Waals surface area contributed by atoms with Crippen LogP contribution >= 0.6 is 0 Å². The highest BCUT2D eigenvalue weighted by Crippen LogP contribution is 2.37. The Labute approximate surface area is 135 Å². The van der Waals surface area contributed by atoms with Crippen LogP contribution in [0.1, 0.15) is 29.9 Å². The fraction of sp³-hybridized carbons (Fsp3) is 0.500. The molecule has 1 aliphatic heterocycles. The minimum absolute atomic E-state index is 0.270. The molecule has 3 rings (SSSR count). The van der Waals surface area contributed by atoms with Gasteiger partial charge >= 0.3 is 12.3 Å². The molecule has 2 aromatic rings. The molecule has 0 radical (unpaired) electrons. The van der Waals surface area contributed by atoms with E-state index in [2.05, 4.69) is 10.2 Å². The second-order valence-corrected chi connectivity index (χ2v) is 5.77. The van der Waals surface area contributed by atoms with Gasteiger partial charge in [0.1, 0.15) is 0 Å². The van der Waals surface area contributed by atoms with Crippen molar-refractivity contribution in [3.63, 3.8) is 0 Å². The van der Waals surface area contributed by atoms with Gasteiger partial charge in [0.25, 0.3) is 0 Å². The van der Waals surface area contributed by atoms with E-state index < -0.39 is 24.0 Å². The van der Waals surface area contributed by atoms with Crippen LogP contribution in [0, 0.1) is 0 Å². The summed E-state index contributed by atoms with van der Waals surface area (Å²) in [5.74, 6) is 0. The average Bonchev–Trinajstić information content (AvgIpc) is 2.99. The largest absolute Gasteiger partial charge is 0.465 e. The number of rotatable bonds is 1. The smallest absolute Gasteiger partial charge is 0.435 e. The van der Waals surface area contributed by atoms with Gasteiger partial charge in [0.15, 0.2) is 5.69 Å². The molecular formula is C14H16F3N5O2. The SMILES string of the molecule is CC1c2nn(C)c(-c3cc(C(F)(F)F)nn3C)c2CCN1C(=O)O. The Morgan fingerprint density at radius 3 is 2.50 bits per heavy atom. The monoisotopic (exact) mass is 343 g/mol. The van der Waals surface area contributed by atoms with E-state index in [1.54, 1.807) is 14.0 Å². The van der Waals surface area contributed by atoms with Crippen molar-refractivity contribution in [3.05, 3.63) is 23.0 Å². The molecule has 1 unspecified atom stereocenters. The molecule has 1 amide bonds. The van der Waals surface area contributed by atoms with Crippen LogP contribution in [0.5, 0.6) is 0 Å². The summed E-state index contributed by atoms with van der Waals surface area (Å²) in [6, 6.07) is 0.535. The summed E-state index contributed by atoms with van der Waals surface area (Å²) in [4.78, 5) is 12.5. The number of alkyl halides is 3. The molecule has 24 heavy (non-hydrogen) atoms. The first-order valence-electron chi connectivity index (χ1n) is 7.28. The highest BCUT2D eigenvalue weighted by molar-refractivity contribution is 5.68. The Balaban J connectivity index is 2.11. The van der Waals surface area contributed by atoms with Crippen molar-refractivity contribution >= 4 is 6.09 Å². The summed E-state index contributed by atoms with van der Waals surface area (Å²) in [5.41, 5.74) is 1.20. The summed E-state index contributed by atoms with van der Waals surface area (Å²) in [5, 5.41) is 17.1. The molecule has 0 saturated heterocycles. The number of amides is 1. The second kappa shape index (κ2) is 5.25. The molecular weight excluding hydrogens is 327 g/mol. The molecule has 0 saturated carbocycles. The van der Waals surface area contributed by atoms with E-state index in [4.69, 9.17) is 0 Å². The Morgan fingerprint density at radius 2 is 1.96 bits per heavy atom. The van der Waals surface area contributed by atoms with Crippen LogP contribution in [0.25, 0.3) is 11.4 Å². The third kappa shape index (κ3) is 2.42. The number of nitrogens with zero attached hydrogens (tertiary/aromatic N) is 5. The summed E-state index contributed by atoms with van der Waals surface area (Å²) < 4.78 is 41.3. The average molecular weight is 343 g/mol. The molecule has 0 bridgehead atoms. The lowest BCUT2D eigenvalue weighted by molar-refractivity contribution is -0.141. The maximum absolute atomic E-state index is 12.9. The Kier molecular flexibility index (Phi) is 3.57. The van der Waals surface area contributed by atoms with E-state index in [-0.39, 0.29) is 6.54 Å². The number of hydrogen-bond donors (Lipinski definition) is 1. The number of aryl methyl sites for hydroxylation is 2. The number of carbonyl (C=O) groups is 1. The van der Waals surface area contributed by atoms with Gasteiger partial charge in [-0.15, -0.1) is 0 Å². The predicted molar refractivity (Wildman–Crippen MR) is 77.3 cm³/mol. The molecule has 1 N–H and O–H groups in total. The normalized spacial score (nSPS) is 17.9. The quantitative estimate of drug-likeness (QED) is 0.863. The molecule has 0 aliphatic carbocycles. The second-order valence-electron chi connectivity index (χ2n) is 5.77. The van der Waals surface area contributed by atoms with Crippen molar-refractivity contribution in [1.29, 1.82) is 0 Å². The molecule has 0 fully saturated rings. The van der Waals surface area contributed by atoms with Gasteiger partial charge in [-0.05, 0) is 19.4 Å². The lowest BCUT2D eigenvalue weighted by atomic mass is 9.97. The molecule has 10 heteroatoms. The lowest BCUT2D eigenvalue weighted by Gasteiger charge is -2.30. The molecule has 7 nitrogen and oxygen atoms in total. The maximum atomic E-state index is 12.9. The number of halogens is 3. The molecule has 1 atom stereocenters. The van der Waals surface area contributed by atoms with E-state index in [0.717, 1.165) is 11.6 Å². The summed E-state index contributed by atoms with van der Waals surface area (Å²) >= 11 is 0. The zero-order valence-electron chi connectivity index (χ0n) is 13.3. The predicted octanol–water partition coefficient (Wildman–Crippen LogP) is 2.44. The first-order chi connectivity index (χ1) is 11.1. The number of aromatic nitrogens is 4. The van der Waals surface area contributed by atoms with Crippen LogP contribution in [0.4, 0.5) is 18.0 Å². The van der Waals surface area contributed by atoms with E-state index in [1.165, 1.54) is 21.3 Å². The van der Waals surface area contributed by atoms with Crippen molar-refractivity contribution in [2.24, 2.45) is 14.1 Å². The van der Waals surface area contributed by atoms with E-state index in [1.807, 2.05) is 0 Å².